The Labute approximate surface area is 218 Å². The molecule has 0 saturated heterocycles. The van der Waals surface area contributed by atoms with Crippen LogP contribution < -0.4 is 10.6 Å². The van der Waals surface area contributed by atoms with Crippen LogP contribution in [0.25, 0.3) is 11.3 Å². The average Bonchev–Trinajstić information content (AvgIpc) is 3.31. The van der Waals surface area contributed by atoms with Gasteiger partial charge >= 0.3 is 0 Å². The van der Waals surface area contributed by atoms with E-state index in [-0.39, 0.29) is 6.23 Å². The highest BCUT2D eigenvalue weighted by Crippen LogP contribution is 2.24. The third kappa shape index (κ3) is 5.95. The first kappa shape index (κ1) is 25.3. The number of nitrogens with one attached hydrogen (secondary N) is 2. The lowest BCUT2D eigenvalue weighted by molar-refractivity contribution is 0.106. The van der Waals surface area contributed by atoms with Gasteiger partial charge in [-0.15, -0.1) is 0 Å². The summed E-state index contributed by atoms with van der Waals surface area (Å²) in [6, 6.07) is 10.9. The van der Waals surface area contributed by atoms with Crippen LogP contribution in [0.3, 0.4) is 0 Å². The van der Waals surface area contributed by atoms with Crippen LogP contribution in [0.1, 0.15) is 36.6 Å². The molecular formula is C28H36N8O. The van der Waals surface area contributed by atoms with Gasteiger partial charge in [0.15, 0.2) is 5.82 Å². The van der Waals surface area contributed by atoms with E-state index < -0.39 is 0 Å². The van der Waals surface area contributed by atoms with Crippen molar-refractivity contribution in [3.05, 3.63) is 65.1 Å². The van der Waals surface area contributed by atoms with Crippen LogP contribution in [0.4, 0.5) is 11.6 Å². The van der Waals surface area contributed by atoms with Crippen LogP contribution >= 0.6 is 0 Å². The van der Waals surface area contributed by atoms with Gasteiger partial charge in [0.1, 0.15) is 18.4 Å². The van der Waals surface area contributed by atoms with Crippen LogP contribution in [-0.2, 0) is 24.4 Å². The smallest absolute Gasteiger partial charge is 0.153 e. The molecular weight excluding hydrogens is 464 g/mol. The van der Waals surface area contributed by atoms with Gasteiger partial charge in [0.25, 0.3) is 0 Å². The molecule has 9 nitrogen and oxygen atoms in total. The SMILES string of the molecule is CCC1CC=C(C(NCc2ccc(-c3cc(Nc4cc5n(n4)CCN(C)C5)ncn3)cc2C)OC)C=N1. The normalized spacial score (nSPS) is 18.4. The Morgan fingerprint density at radius 3 is 2.78 bits per heavy atom. The van der Waals surface area contributed by atoms with Crippen molar-refractivity contribution in [2.45, 2.75) is 58.6 Å². The number of hydrogen-bond donors (Lipinski definition) is 2. The molecule has 194 valence electrons. The molecule has 2 atom stereocenters. The van der Waals surface area contributed by atoms with E-state index in [1.165, 1.54) is 16.8 Å². The zero-order valence-electron chi connectivity index (χ0n) is 22.1. The number of likely N-dealkylation sites (N-methyl/N-ethyl adjacent to an activating group) is 1. The van der Waals surface area contributed by atoms with Gasteiger partial charge in [0, 0.05) is 56.2 Å². The van der Waals surface area contributed by atoms with E-state index in [0.29, 0.717) is 12.6 Å². The topological polar surface area (TPSA) is 92.5 Å². The molecule has 1 aromatic carbocycles. The molecule has 0 amide bonds. The molecule has 3 aromatic rings. The molecule has 2 unspecified atom stereocenters. The zero-order valence-corrected chi connectivity index (χ0v) is 22.1. The molecule has 37 heavy (non-hydrogen) atoms. The van der Waals surface area contributed by atoms with Crippen molar-refractivity contribution >= 4 is 17.9 Å². The summed E-state index contributed by atoms with van der Waals surface area (Å²) < 4.78 is 7.77. The van der Waals surface area contributed by atoms with Gasteiger partial charge in [0.05, 0.1) is 24.0 Å². The van der Waals surface area contributed by atoms with Gasteiger partial charge in [-0.3, -0.25) is 19.9 Å². The number of benzene rings is 1. The third-order valence-electron chi connectivity index (χ3n) is 7.10. The molecule has 2 aromatic heterocycles. The largest absolute Gasteiger partial charge is 0.362 e. The van der Waals surface area contributed by atoms with Crippen LogP contribution in [0.15, 0.2) is 53.3 Å². The van der Waals surface area contributed by atoms with Gasteiger partial charge < -0.3 is 10.1 Å². The predicted molar refractivity (Wildman–Crippen MR) is 147 cm³/mol. The van der Waals surface area contributed by atoms with Gasteiger partial charge in [-0.25, -0.2) is 9.97 Å². The number of aromatic nitrogens is 4. The number of nitrogens with zero attached hydrogens (tertiary/aromatic N) is 6. The van der Waals surface area contributed by atoms with Gasteiger partial charge in [-0.2, -0.15) is 5.10 Å². The van der Waals surface area contributed by atoms with E-state index in [2.05, 4.69) is 91.5 Å². The summed E-state index contributed by atoms with van der Waals surface area (Å²) in [5.74, 6) is 1.54. The standard InChI is InChI=1S/C28H36N8O/c1-5-23-9-8-22(16-29-23)28(37-4)30-15-21-7-6-20(12-19(21)2)25-14-26(32-18-31-25)33-27-13-24-17-35(3)10-11-36(24)34-27/h6-8,12-14,16,18,23,28,30H,5,9-11,15,17H2,1-4H3,(H,31,32,33,34). The van der Waals surface area contributed by atoms with Crippen molar-refractivity contribution in [1.29, 1.82) is 0 Å². The van der Waals surface area contributed by atoms with Crippen molar-refractivity contribution in [2.24, 2.45) is 4.99 Å². The van der Waals surface area contributed by atoms with Crippen molar-refractivity contribution in [3.8, 4) is 11.3 Å². The number of aliphatic imine (C=N–C) groups is 1. The van der Waals surface area contributed by atoms with Crippen LogP contribution in [-0.4, -0.2) is 63.8 Å². The Morgan fingerprint density at radius 2 is 2.03 bits per heavy atom. The van der Waals surface area contributed by atoms with Crippen molar-refractivity contribution < 1.29 is 4.74 Å². The fourth-order valence-corrected chi connectivity index (χ4v) is 4.79. The van der Waals surface area contributed by atoms with E-state index in [1.807, 2.05) is 12.3 Å². The maximum atomic E-state index is 5.70. The number of anilines is 2. The minimum Gasteiger partial charge on any atom is -0.362 e. The first-order valence-electron chi connectivity index (χ1n) is 13.0. The van der Waals surface area contributed by atoms with Gasteiger partial charge in [-0.1, -0.05) is 25.1 Å². The summed E-state index contributed by atoms with van der Waals surface area (Å²) in [5.41, 5.74) is 6.62. The third-order valence-corrected chi connectivity index (χ3v) is 7.10. The molecule has 0 aliphatic carbocycles. The van der Waals surface area contributed by atoms with E-state index >= 15 is 0 Å². The van der Waals surface area contributed by atoms with E-state index in [0.717, 1.165) is 60.9 Å². The lowest BCUT2D eigenvalue weighted by Crippen LogP contribution is -2.34. The van der Waals surface area contributed by atoms with Gasteiger partial charge in [0.2, 0.25) is 0 Å². The minimum atomic E-state index is -0.176. The average molecular weight is 501 g/mol. The first-order chi connectivity index (χ1) is 18.0. The quantitative estimate of drug-likeness (QED) is 0.428. The number of dihydropyridines is 1. The molecule has 2 N–H and O–H groups in total. The number of methoxy groups -OCH3 is 1. The fourth-order valence-electron chi connectivity index (χ4n) is 4.79. The second kappa shape index (κ2) is 11.3. The maximum Gasteiger partial charge on any atom is 0.153 e. The number of aryl methyl sites for hydroxylation is 1. The molecule has 0 bridgehead atoms. The highest BCUT2D eigenvalue weighted by Gasteiger charge is 2.17. The van der Waals surface area contributed by atoms with E-state index in [4.69, 9.17) is 4.74 Å². The van der Waals surface area contributed by atoms with Crippen LogP contribution in [0.2, 0.25) is 0 Å². The molecule has 0 spiro atoms. The van der Waals surface area contributed by atoms with Crippen molar-refractivity contribution in [2.75, 3.05) is 26.0 Å². The summed E-state index contributed by atoms with van der Waals surface area (Å²) in [6.07, 6.45) is 7.63. The summed E-state index contributed by atoms with van der Waals surface area (Å²) >= 11 is 0. The fraction of sp³-hybridized carbons (Fsp3) is 0.429. The molecule has 0 saturated carbocycles. The Hall–Kier alpha value is -3.40. The summed E-state index contributed by atoms with van der Waals surface area (Å²) in [6.45, 7) is 7.81. The highest BCUT2D eigenvalue weighted by molar-refractivity contribution is 5.80. The predicted octanol–water partition coefficient (Wildman–Crippen LogP) is 4.08. The molecule has 0 radical (unpaired) electrons. The Kier molecular flexibility index (Phi) is 7.73. The molecule has 2 aliphatic rings. The van der Waals surface area contributed by atoms with Crippen LogP contribution in [0, 0.1) is 6.92 Å². The zero-order chi connectivity index (χ0) is 25.8. The van der Waals surface area contributed by atoms with E-state index in [1.54, 1.807) is 13.4 Å². The monoisotopic (exact) mass is 500 g/mol. The molecule has 2 aliphatic heterocycles. The lowest BCUT2D eigenvalue weighted by Gasteiger charge is -2.22. The number of rotatable bonds is 9. The number of fused-ring (bicyclic) bond motifs is 1. The second-order valence-corrected chi connectivity index (χ2v) is 9.81. The molecule has 0 fully saturated rings. The second-order valence-electron chi connectivity index (χ2n) is 9.81. The Bertz CT molecular complexity index is 1300. The van der Waals surface area contributed by atoms with Crippen LogP contribution in [0.5, 0.6) is 0 Å². The number of ether oxygens (including phenoxy) is 1. The summed E-state index contributed by atoms with van der Waals surface area (Å²) in [5, 5.41) is 11.5. The van der Waals surface area contributed by atoms with Gasteiger partial charge in [-0.05, 0) is 44.0 Å². The molecule has 4 heterocycles. The maximum absolute atomic E-state index is 5.70. The lowest BCUT2D eigenvalue weighted by atomic mass is 10.0. The van der Waals surface area contributed by atoms with E-state index in [9.17, 15) is 0 Å². The van der Waals surface area contributed by atoms with Crippen molar-refractivity contribution in [1.82, 2.24) is 30.0 Å². The summed E-state index contributed by atoms with van der Waals surface area (Å²) in [7, 11) is 3.86. The minimum absolute atomic E-state index is 0.176. The highest BCUT2D eigenvalue weighted by atomic mass is 16.5. The Morgan fingerprint density at radius 1 is 1.14 bits per heavy atom. The first-order valence-corrected chi connectivity index (χ1v) is 13.0. The number of hydrogen-bond acceptors (Lipinski definition) is 8. The molecule has 9 heteroatoms. The molecule has 5 rings (SSSR count). The summed E-state index contributed by atoms with van der Waals surface area (Å²) in [4.78, 5) is 15.9. The Balaban J connectivity index is 1.24. The van der Waals surface area contributed by atoms with Crippen molar-refractivity contribution in [3.63, 3.8) is 0 Å².